The number of halogens is 1. The number of aliphatic imine (C=N–C) groups is 1. The number of nitrogens with zero attached hydrogens (tertiary/aromatic N) is 1. The quantitative estimate of drug-likeness (QED) is 0.243. The first-order chi connectivity index (χ1) is 16.1. The maximum Gasteiger partial charge on any atom is 0.259 e. The van der Waals surface area contributed by atoms with Gasteiger partial charge >= 0.3 is 0 Å². The Morgan fingerprint density at radius 2 is 1.94 bits per heavy atom. The van der Waals surface area contributed by atoms with Gasteiger partial charge in [0, 0.05) is 16.8 Å². The van der Waals surface area contributed by atoms with Crippen molar-refractivity contribution >= 4 is 56.7 Å². The fraction of sp³-hybridized carbons (Fsp3) is 0.308. The molecule has 2 N–H and O–H groups in total. The van der Waals surface area contributed by atoms with Crippen LogP contribution in [0, 0.1) is 3.57 Å². The molecule has 0 spiro atoms. The van der Waals surface area contributed by atoms with Crippen LogP contribution >= 0.6 is 33.9 Å². The number of aromatic hydroxyl groups is 1. The van der Waals surface area contributed by atoms with Gasteiger partial charge in [0.25, 0.3) is 5.91 Å². The SMILES string of the molecule is CCOc1cc(C=Nc2sc3c(c2C(=O)Nc2ccccc2)CCCCCC3)cc(I)c1O. The number of anilines is 1. The fourth-order valence-electron chi connectivity index (χ4n) is 4.01. The van der Waals surface area contributed by atoms with Gasteiger partial charge < -0.3 is 15.2 Å². The molecule has 1 heterocycles. The van der Waals surface area contributed by atoms with E-state index in [1.54, 1.807) is 23.6 Å². The molecule has 1 aliphatic rings. The molecule has 0 saturated heterocycles. The number of fused-ring (bicyclic) bond motifs is 1. The minimum Gasteiger partial charge on any atom is -0.504 e. The molecule has 172 valence electrons. The number of nitrogens with one attached hydrogen (secondary N) is 1. The van der Waals surface area contributed by atoms with Crippen LogP contribution in [0.15, 0.2) is 47.5 Å². The van der Waals surface area contributed by atoms with Gasteiger partial charge in [-0.3, -0.25) is 4.79 Å². The van der Waals surface area contributed by atoms with E-state index in [1.165, 1.54) is 17.7 Å². The summed E-state index contributed by atoms with van der Waals surface area (Å²) in [7, 11) is 0. The number of para-hydroxylation sites is 1. The number of amides is 1. The average Bonchev–Trinajstić information content (AvgIpc) is 3.12. The molecule has 0 bridgehead atoms. The molecule has 1 aromatic heterocycles. The van der Waals surface area contributed by atoms with Crippen LogP contribution in [0.1, 0.15) is 59.0 Å². The molecule has 0 saturated carbocycles. The molecule has 1 amide bonds. The van der Waals surface area contributed by atoms with Crippen LogP contribution < -0.4 is 10.1 Å². The van der Waals surface area contributed by atoms with Crippen LogP contribution in [0.4, 0.5) is 10.7 Å². The van der Waals surface area contributed by atoms with E-state index in [2.05, 4.69) is 27.9 Å². The van der Waals surface area contributed by atoms with Crippen molar-refractivity contribution in [2.75, 3.05) is 11.9 Å². The van der Waals surface area contributed by atoms with E-state index in [0.29, 0.717) is 21.5 Å². The van der Waals surface area contributed by atoms with Gasteiger partial charge in [0.1, 0.15) is 5.00 Å². The lowest BCUT2D eigenvalue weighted by molar-refractivity contribution is 0.102. The second kappa shape index (κ2) is 11.2. The highest BCUT2D eigenvalue weighted by atomic mass is 127. The zero-order chi connectivity index (χ0) is 23.2. The highest BCUT2D eigenvalue weighted by Gasteiger charge is 2.24. The topological polar surface area (TPSA) is 70.9 Å². The van der Waals surface area contributed by atoms with Gasteiger partial charge in [-0.05, 0) is 90.6 Å². The second-order valence-electron chi connectivity index (χ2n) is 7.96. The number of phenols is 1. The predicted octanol–water partition coefficient (Wildman–Crippen LogP) is 7.12. The molecule has 4 rings (SSSR count). The molecule has 1 aliphatic carbocycles. The third kappa shape index (κ3) is 5.76. The lowest BCUT2D eigenvalue weighted by atomic mass is 9.96. The smallest absolute Gasteiger partial charge is 0.259 e. The number of carbonyl (C=O) groups is 1. The summed E-state index contributed by atoms with van der Waals surface area (Å²) in [5.74, 6) is 0.463. The van der Waals surface area contributed by atoms with E-state index in [9.17, 15) is 9.90 Å². The summed E-state index contributed by atoms with van der Waals surface area (Å²) in [5, 5.41) is 14.0. The van der Waals surface area contributed by atoms with E-state index >= 15 is 0 Å². The molecule has 7 heteroatoms. The number of phenolic OH excluding ortho intramolecular Hbond substituents is 1. The Hall–Kier alpha value is -2.39. The van der Waals surface area contributed by atoms with E-state index < -0.39 is 0 Å². The number of rotatable bonds is 6. The van der Waals surface area contributed by atoms with Crippen molar-refractivity contribution in [3.05, 3.63) is 67.6 Å². The van der Waals surface area contributed by atoms with E-state index in [4.69, 9.17) is 9.73 Å². The molecular weight excluding hydrogens is 547 g/mol. The average molecular weight is 574 g/mol. The van der Waals surface area contributed by atoms with Crippen LogP contribution in [0.5, 0.6) is 11.5 Å². The standard InChI is InChI=1S/C26H27IN2O3S/c1-2-32-21-15-17(14-20(27)24(21)30)16-28-26-23(25(31)29-18-10-6-5-7-11-18)19-12-8-3-4-9-13-22(19)33-26/h5-7,10-11,14-16,30H,2-4,8-9,12-13H2,1H3,(H,29,31). The Bertz CT molecular complexity index is 1160. The normalized spacial score (nSPS) is 13.9. The Kier molecular flexibility index (Phi) is 8.03. The number of hydrogen-bond donors (Lipinski definition) is 2. The van der Waals surface area contributed by atoms with Crippen LogP contribution in [-0.2, 0) is 12.8 Å². The van der Waals surface area contributed by atoms with Crippen molar-refractivity contribution in [2.45, 2.75) is 45.4 Å². The molecule has 33 heavy (non-hydrogen) atoms. The van der Waals surface area contributed by atoms with Gasteiger partial charge in [-0.1, -0.05) is 31.0 Å². The monoisotopic (exact) mass is 574 g/mol. The first-order valence-electron chi connectivity index (χ1n) is 11.3. The first kappa shape index (κ1) is 23.8. The maximum absolute atomic E-state index is 13.4. The van der Waals surface area contributed by atoms with E-state index in [0.717, 1.165) is 47.5 Å². The zero-order valence-corrected chi connectivity index (χ0v) is 21.5. The largest absolute Gasteiger partial charge is 0.504 e. The summed E-state index contributed by atoms with van der Waals surface area (Å²) in [6.45, 7) is 2.34. The second-order valence-corrected chi connectivity index (χ2v) is 10.2. The highest BCUT2D eigenvalue weighted by Crippen LogP contribution is 2.39. The number of hydrogen-bond acceptors (Lipinski definition) is 5. The van der Waals surface area contributed by atoms with Crippen LogP contribution in [0.25, 0.3) is 0 Å². The van der Waals surface area contributed by atoms with Crippen molar-refractivity contribution in [2.24, 2.45) is 4.99 Å². The van der Waals surface area contributed by atoms with Crippen molar-refractivity contribution in [3.63, 3.8) is 0 Å². The van der Waals surface area contributed by atoms with Crippen molar-refractivity contribution < 1.29 is 14.6 Å². The van der Waals surface area contributed by atoms with Gasteiger partial charge in [-0.15, -0.1) is 11.3 Å². The number of ether oxygens (including phenoxy) is 1. The summed E-state index contributed by atoms with van der Waals surface area (Å²) in [5.41, 5.74) is 3.43. The lowest BCUT2D eigenvalue weighted by Gasteiger charge is -2.12. The van der Waals surface area contributed by atoms with Gasteiger partial charge in [0.2, 0.25) is 0 Å². The van der Waals surface area contributed by atoms with Crippen molar-refractivity contribution in [1.82, 2.24) is 0 Å². The van der Waals surface area contributed by atoms with Crippen LogP contribution in [0.3, 0.4) is 0 Å². The molecule has 5 nitrogen and oxygen atoms in total. The lowest BCUT2D eigenvalue weighted by Crippen LogP contribution is -2.14. The van der Waals surface area contributed by atoms with E-state index in [-0.39, 0.29) is 11.7 Å². The molecule has 0 unspecified atom stereocenters. The molecule has 0 radical (unpaired) electrons. The number of aryl methyl sites for hydroxylation is 1. The third-order valence-electron chi connectivity index (χ3n) is 5.59. The molecule has 0 fully saturated rings. The highest BCUT2D eigenvalue weighted by molar-refractivity contribution is 14.1. The molecular formula is C26H27IN2O3S. The number of thiophene rings is 1. The van der Waals surface area contributed by atoms with Gasteiger partial charge in [0.05, 0.1) is 15.7 Å². The minimum absolute atomic E-state index is 0.110. The third-order valence-corrected chi connectivity index (χ3v) is 7.62. The molecule has 0 atom stereocenters. The first-order valence-corrected chi connectivity index (χ1v) is 13.2. The molecule has 0 aliphatic heterocycles. The van der Waals surface area contributed by atoms with Crippen molar-refractivity contribution in [3.8, 4) is 11.5 Å². The Morgan fingerprint density at radius 1 is 1.18 bits per heavy atom. The maximum atomic E-state index is 13.4. The Labute approximate surface area is 212 Å². The molecule has 2 aromatic carbocycles. The van der Waals surface area contributed by atoms with E-state index in [1.807, 2.05) is 43.3 Å². The van der Waals surface area contributed by atoms with Gasteiger partial charge in [0.15, 0.2) is 11.5 Å². The summed E-state index contributed by atoms with van der Waals surface area (Å²) in [6, 6.07) is 13.2. The summed E-state index contributed by atoms with van der Waals surface area (Å²) >= 11 is 3.71. The summed E-state index contributed by atoms with van der Waals surface area (Å²) in [6.07, 6.45) is 8.31. The fourth-order valence-corrected chi connectivity index (χ4v) is 5.87. The Balaban J connectivity index is 1.71. The Morgan fingerprint density at radius 3 is 2.70 bits per heavy atom. The number of carbonyl (C=O) groups excluding carboxylic acids is 1. The zero-order valence-electron chi connectivity index (χ0n) is 18.6. The molecule has 3 aromatic rings. The predicted molar refractivity (Wildman–Crippen MR) is 144 cm³/mol. The van der Waals surface area contributed by atoms with Crippen molar-refractivity contribution in [1.29, 1.82) is 0 Å². The van der Waals surface area contributed by atoms with Gasteiger partial charge in [-0.25, -0.2) is 4.99 Å². The summed E-state index contributed by atoms with van der Waals surface area (Å²) < 4.78 is 6.25. The summed E-state index contributed by atoms with van der Waals surface area (Å²) in [4.78, 5) is 19.4. The van der Waals surface area contributed by atoms with Crippen LogP contribution in [-0.4, -0.2) is 23.8 Å². The minimum atomic E-state index is -0.110. The van der Waals surface area contributed by atoms with Crippen LogP contribution in [0.2, 0.25) is 0 Å². The number of benzene rings is 2. The van der Waals surface area contributed by atoms with Gasteiger partial charge in [-0.2, -0.15) is 0 Å².